The lowest BCUT2D eigenvalue weighted by Gasteiger charge is -2.09. The minimum atomic E-state index is 0.272. The van der Waals surface area contributed by atoms with E-state index in [0.717, 1.165) is 34.6 Å². The Morgan fingerprint density at radius 3 is 2.95 bits per heavy atom. The number of benzene rings is 1. The molecule has 1 aliphatic rings. The molecule has 0 spiro atoms. The molecular weight excluding hydrogens is 270 g/mol. The van der Waals surface area contributed by atoms with Gasteiger partial charge < -0.3 is 14.8 Å². The SMILES string of the molecule is c1cn(CCNc2nccc3cc4c(cc23)OCO4)nn1. The average Bonchev–Trinajstić information content (AvgIpc) is 3.16. The first-order valence-electron chi connectivity index (χ1n) is 6.66. The van der Waals surface area contributed by atoms with Crippen molar-refractivity contribution in [2.75, 3.05) is 18.7 Å². The van der Waals surface area contributed by atoms with Gasteiger partial charge in [0.1, 0.15) is 5.82 Å². The Hall–Kier alpha value is -2.83. The zero-order chi connectivity index (χ0) is 14.1. The summed E-state index contributed by atoms with van der Waals surface area (Å²) >= 11 is 0. The summed E-state index contributed by atoms with van der Waals surface area (Å²) in [6, 6.07) is 5.89. The second kappa shape index (κ2) is 4.93. The third-order valence-electron chi connectivity index (χ3n) is 3.36. The maximum absolute atomic E-state index is 5.42. The lowest BCUT2D eigenvalue weighted by molar-refractivity contribution is 0.174. The topological polar surface area (TPSA) is 74.1 Å². The summed E-state index contributed by atoms with van der Waals surface area (Å²) in [7, 11) is 0. The second-order valence-electron chi connectivity index (χ2n) is 4.68. The molecule has 0 atom stereocenters. The highest BCUT2D eigenvalue weighted by Crippen LogP contribution is 2.37. The molecule has 7 nitrogen and oxygen atoms in total. The predicted octanol–water partition coefficient (Wildman–Crippen LogP) is 1.67. The monoisotopic (exact) mass is 283 g/mol. The number of ether oxygens (including phenoxy) is 2. The van der Waals surface area contributed by atoms with Gasteiger partial charge in [-0.05, 0) is 23.6 Å². The number of nitrogens with zero attached hydrogens (tertiary/aromatic N) is 4. The van der Waals surface area contributed by atoms with Crippen molar-refractivity contribution in [2.24, 2.45) is 0 Å². The van der Waals surface area contributed by atoms with Gasteiger partial charge >= 0.3 is 0 Å². The molecule has 106 valence electrons. The van der Waals surface area contributed by atoms with E-state index in [4.69, 9.17) is 9.47 Å². The highest BCUT2D eigenvalue weighted by Gasteiger charge is 2.15. The van der Waals surface area contributed by atoms with Gasteiger partial charge in [0, 0.05) is 24.3 Å². The van der Waals surface area contributed by atoms with Crippen LogP contribution in [0.1, 0.15) is 0 Å². The minimum absolute atomic E-state index is 0.272. The zero-order valence-electron chi connectivity index (χ0n) is 11.2. The Balaban J connectivity index is 1.59. The first-order chi connectivity index (χ1) is 10.4. The van der Waals surface area contributed by atoms with E-state index in [9.17, 15) is 0 Å². The first-order valence-corrected chi connectivity index (χ1v) is 6.66. The van der Waals surface area contributed by atoms with E-state index in [2.05, 4.69) is 20.6 Å². The van der Waals surface area contributed by atoms with Crippen LogP contribution in [0.2, 0.25) is 0 Å². The number of anilines is 1. The molecule has 3 aromatic rings. The molecule has 0 aliphatic carbocycles. The van der Waals surface area contributed by atoms with Crippen LogP contribution in [-0.4, -0.2) is 33.3 Å². The van der Waals surface area contributed by atoms with Crippen LogP contribution >= 0.6 is 0 Å². The quantitative estimate of drug-likeness (QED) is 0.785. The fraction of sp³-hybridized carbons (Fsp3) is 0.214. The first kappa shape index (κ1) is 12.0. The van der Waals surface area contributed by atoms with E-state index in [0.29, 0.717) is 6.54 Å². The molecular formula is C14H13N5O2. The molecule has 1 N–H and O–H groups in total. The summed E-state index contributed by atoms with van der Waals surface area (Å²) in [6.45, 7) is 1.71. The average molecular weight is 283 g/mol. The number of fused-ring (bicyclic) bond motifs is 2. The van der Waals surface area contributed by atoms with Crippen LogP contribution in [0.4, 0.5) is 5.82 Å². The van der Waals surface area contributed by atoms with Crippen molar-refractivity contribution in [1.82, 2.24) is 20.0 Å². The van der Waals surface area contributed by atoms with Crippen LogP contribution in [0.15, 0.2) is 36.8 Å². The number of hydrogen-bond acceptors (Lipinski definition) is 6. The Bertz CT molecular complexity index is 772. The maximum Gasteiger partial charge on any atom is 0.231 e. The van der Waals surface area contributed by atoms with Gasteiger partial charge in [-0.2, -0.15) is 0 Å². The summed E-state index contributed by atoms with van der Waals surface area (Å²) in [6.07, 6.45) is 5.27. The summed E-state index contributed by atoms with van der Waals surface area (Å²) in [4.78, 5) is 4.40. The number of aromatic nitrogens is 4. The van der Waals surface area contributed by atoms with Gasteiger partial charge in [0.15, 0.2) is 11.5 Å². The fourth-order valence-electron chi connectivity index (χ4n) is 2.34. The van der Waals surface area contributed by atoms with E-state index in [1.807, 2.05) is 24.4 Å². The highest BCUT2D eigenvalue weighted by molar-refractivity contribution is 5.94. The summed E-state index contributed by atoms with van der Waals surface area (Å²) < 4.78 is 12.6. The molecule has 0 amide bonds. The number of hydrogen-bond donors (Lipinski definition) is 1. The van der Waals surface area contributed by atoms with Crippen molar-refractivity contribution >= 4 is 16.6 Å². The molecule has 0 saturated heterocycles. The second-order valence-corrected chi connectivity index (χ2v) is 4.68. The van der Waals surface area contributed by atoms with Crippen LogP contribution in [0, 0.1) is 0 Å². The van der Waals surface area contributed by atoms with E-state index in [1.165, 1.54) is 0 Å². The van der Waals surface area contributed by atoms with Crippen molar-refractivity contribution < 1.29 is 9.47 Å². The smallest absolute Gasteiger partial charge is 0.231 e. The predicted molar refractivity (Wildman–Crippen MR) is 76.4 cm³/mol. The van der Waals surface area contributed by atoms with Crippen molar-refractivity contribution in [3.63, 3.8) is 0 Å². The van der Waals surface area contributed by atoms with E-state index in [1.54, 1.807) is 17.1 Å². The third kappa shape index (κ3) is 2.22. The lowest BCUT2D eigenvalue weighted by Crippen LogP contribution is -2.12. The molecule has 1 aliphatic heterocycles. The Morgan fingerprint density at radius 1 is 1.19 bits per heavy atom. The van der Waals surface area contributed by atoms with Crippen molar-refractivity contribution in [3.05, 3.63) is 36.8 Å². The van der Waals surface area contributed by atoms with Gasteiger partial charge in [0.2, 0.25) is 6.79 Å². The lowest BCUT2D eigenvalue weighted by atomic mass is 10.1. The van der Waals surface area contributed by atoms with Crippen LogP contribution in [-0.2, 0) is 6.54 Å². The van der Waals surface area contributed by atoms with Gasteiger partial charge in [0.25, 0.3) is 0 Å². The third-order valence-corrected chi connectivity index (χ3v) is 3.36. The Morgan fingerprint density at radius 2 is 2.10 bits per heavy atom. The normalized spacial score (nSPS) is 12.8. The molecule has 0 bridgehead atoms. The Kier molecular flexibility index (Phi) is 2.81. The molecule has 21 heavy (non-hydrogen) atoms. The van der Waals surface area contributed by atoms with Crippen LogP contribution in [0.3, 0.4) is 0 Å². The van der Waals surface area contributed by atoms with E-state index in [-0.39, 0.29) is 6.79 Å². The molecule has 0 saturated carbocycles. The van der Waals surface area contributed by atoms with Crippen LogP contribution < -0.4 is 14.8 Å². The van der Waals surface area contributed by atoms with Gasteiger partial charge in [-0.25, -0.2) is 4.98 Å². The minimum Gasteiger partial charge on any atom is -0.454 e. The summed E-state index contributed by atoms with van der Waals surface area (Å²) in [5, 5.41) is 13.1. The summed E-state index contributed by atoms with van der Waals surface area (Å²) in [5.74, 6) is 2.36. The fourth-order valence-corrected chi connectivity index (χ4v) is 2.34. The number of nitrogens with one attached hydrogen (secondary N) is 1. The largest absolute Gasteiger partial charge is 0.454 e. The van der Waals surface area contributed by atoms with Gasteiger partial charge in [-0.3, -0.25) is 4.68 Å². The molecule has 7 heteroatoms. The molecule has 1 aromatic carbocycles. The maximum atomic E-state index is 5.42. The van der Waals surface area contributed by atoms with Crippen molar-refractivity contribution in [1.29, 1.82) is 0 Å². The molecule has 3 heterocycles. The van der Waals surface area contributed by atoms with Gasteiger partial charge in [-0.1, -0.05) is 5.21 Å². The molecule has 2 aromatic heterocycles. The van der Waals surface area contributed by atoms with Gasteiger partial charge in [-0.15, -0.1) is 5.10 Å². The molecule has 0 fully saturated rings. The van der Waals surface area contributed by atoms with Crippen molar-refractivity contribution in [2.45, 2.75) is 6.54 Å². The van der Waals surface area contributed by atoms with Crippen molar-refractivity contribution in [3.8, 4) is 11.5 Å². The summed E-state index contributed by atoms with van der Waals surface area (Å²) in [5.41, 5.74) is 0. The zero-order valence-corrected chi connectivity index (χ0v) is 11.2. The highest BCUT2D eigenvalue weighted by atomic mass is 16.7. The van der Waals surface area contributed by atoms with Crippen LogP contribution in [0.25, 0.3) is 10.8 Å². The number of rotatable bonds is 4. The van der Waals surface area contributed by atoms with E-state index < -0.39 is 0 Å². The van der Waals surface area contributed by atoms with Gasteiger partial charge in [0.05, 0.1) is 12.7 Å². The molecule has 0 radical (unpaired) electrons. The standard InChI is InChI=1S/C14H13N5O2/c1-2-15-14(16-3-5-19-6-4-17-18-19)11-8-13-12(7-10(1)11)20-9-21-13/h1-2,4,6-8H,3,5,9H2,(H,15,16). The van der Waals surface area contributed by atoms with Crippen LogP contribution in [0.5, 0.6) is 11.5 Å². The molecule has 0 unspecified atom stereocenters. The number of pyridine rings is 1. The molecule has 4 rings (SSSR count). The Labute approximate surface area is 120 Å². The van der Waals surface area contributed by atoms with E-state index >= 15 is 0 Å².